The molecule has 0 unspecified atom stereocenters. The second-order valence-corrected chi connectivity index (χ2v) is 10.1. The Morgan fingerprint density at radius 1 is 1.39 bits per heavy atom. The first-order valence-electron chi connectivity index (χ1n) is 9.39. The average molecular weight is 506 g/mol. The fraction of sp³-hybridized carbons (Fsp3) is 0.400. The number of carboxylic acid groups (broad SMARTS) is 1. The average Bonchev–Trinajstić information content (AvgIpc) is 2.71. The van der Waals surface area contributed by atoms with Crippen LogP contribution in [0.5, 0.6) is 0 Å². The van der Waals surface area contributed by atoms with Gasteiger partial charge in [0.25, 0.3) is 0 Å². The maximum Gasteiger partial charge on any atom is 0.344 e. The molecule has 170 valence electrons. The van der Waals surface area contributed by atoms with Gasteiger partial charge in [0.1, 0.15) is 4.91 Å². The molecular weight excluding hydrogens is 481 g/mol. The van der Waals surface area contributed by atoms with E-state index in [0.717, 1.165) is 30.4 Å². The zero-order chi connectivity index (χ0) is 23.0. The Balaban J connectivity index is 1.73. The third-order valence-electron chi connectivity index (χ3n) is 4.27. The van der Waals surface area contributed by atoms with E-state index < -0.39 is 5.97 Å². The Kier molecular flexibility index (Phi) is 10.5. The molecule has 1 heterocycles. The molecular formula is C20H25Cl2N3O4S2. The van der Waals surface area contributed by atoms with Gasteiger partial charge in [0.05, 0.1) is 28.5 Å². The lowest BCUT2D eigenvalue weighted by atomic mass is 10.2. The van der Waals surface area contributed by atoms with Crippen molar-refractivity contribution in [2.75, 3.05) is 32.0 Å². The number of allylic oxidation sites excluding steroid dienone is 1. The van der Waals surface area contributed by atoms with Crippen LogP contribution in [-0.2, 0) is 20.9 Å². The standard InChI is InChI=1S/C20H25Cl2N3O4S2/c1-12(23)19(20(27)28)31-13(2)30-11-18(26)24-8-15-10-25(5-6-29-15)9-14-3-4-16(21)17(22)7-14/h3-4,7,15H,2,5-6,8-11,23H2,1H3,(H,24,26)(H,27,28)/b19-12-/t15-/m0/s1. The van der Waals surface area contributed by atoms with Crippen LogP contribution in [0.15, 0.2) is 39.6 Å². The Labute approximate surface area is 200 Å². The van der Waals surface area contributed by atoms with Crippen LogP contribution < -0.4 is 11.1 Å². The number of aliphatic carboxylic acids is 1. The maximum atomic E-state index is 12.2. The molecule has 1 aliphatic heterocycles. The van der Waals surface area contributed by atoms with Crippen molar-refractivity contribution in [1.82, 2.24) is 10.2 Å². The minimum atomic E-state index is -1.11. The van der Waals surface area contributed by atoms with Gasteiger partial charge < -0.3 is 20.9 Å². The molecule has 1 aromatic rings. The molecule has 0 spiro atoms. The Hall–Kier alpha value is -1.36. The number of thioether (sulfide) groups is 2. The molecule has 1 atom stereocenters. The van der Waals surface area contributed by atoms with Crippen LogP contribution in [0.4, 0.5) is 0 Å². The summed E-state index contributed by atoms with van der Waals surface area (Å²) < 4.78 is 6.24. The number of carbonyl (C=O) groups is 2. The van der Waals surface area contributed by atoms with Crippen LogP contribution >= 0.6 is 46.7 Å². The highest BCUT2D eigenvalue weighted by molar-refractivity contribution is 8.24. The number of carboxylic acids is 1. The quantitative estimate of drug-likeness (QED) is 0.414. The third-order valence-corrected chi connectivity index (χ3v) is 7.27. The summed E-state index contributed by atoms with van der Waals surface area (Å²) in [6, 6.07) is 5.58. The van der Waals surface area contributed by atoms with Crippen molar-refractivity contribution in [3.8, 4) is 0 Å². The molecule has 1 amide bonds. The Morgan fingerprint density at radius 3 is 2.77 bits per heavy atom. The van der Waals surface area contributed by atoms with E-state index in [4.69, 9.17) is 38.8 Å². The van der Waals surface area contributed by atoms with Gasteiger partial charge in [-0.3, -0.25) is 9.69 Å². The number of nitrogens with two attached hydrogens (primary N) is 1. The van der Waals surface area contributed by atoms with Gasteiger partial charge in [0, 0.05) is 36.1 Å². The van der Waals surface area contributed by atoms with Gasteiger partial charge in [-0.25, -0.2) is 4.79 Å². The van der Waals surface area contributed by atoms with E-state index in [-0.39, 0.29) is 28.4 Å². The van der Waals surface area contributed by atoms with Crippen LogP contribution in [0.25, 0.3) is 0 Å². The number of morpholine rings is 1. The number of halogens is 2. The topological polar surface area (TPSA) is 105 Å². The normalized spacial score (nSPS) is 17.7. The third kappa shape index (κ3) is 8.96. The van der Waals surface area contributed by atoms with Crippen LogP contribution in [-0.4, -0.2) is 60.0 Å². The zero-order valence-electron chi connectivity index (χ0n) is 17.0. The Bertz CT molecular complexity index is 863. The van der Waals surface area contributed by atoms with Crippen molar-refractivity contribution >= 4 is 58.6 Å². The summed E-state index contributed by atoms with van der Waals surface area (Å²) in [5.74, 6) is -1.17. The van der Waals surface area contributed by atoms with Crippen molar-refractivity contribution in [2.45, 2.75) is 19.6 Å². The summed E-state index contributed by atoms with van der Waals surface area (Å²) in [4.78, 5) is 25.5. The molecule has 4 N–H and O–H groups in total. The first-order valence-corrected chi connectivity index (χ1v) is 11.9. The molecule has 1 saturated heterocycles. The maximum absolute atomic E-state index is 12.2. The fourth-order valence-corrected chi connectivity index (χ4v) is 4.66. The van der Waals surface area contributed by atoms with Gasteiger partial charge in [-0.05, 0) is 24.6 Å². The highest BCUT2D eigenvalue weighted by Crippen LogP contribution is 2.33. The van der Waals surface area contributed by atoms with Gasteiger partial charge in [-0.2, -0.15) is 0 Å². The number of benzene rings is 1. The molecule has 0 aliphatic carbocycles. The second kappa shape index (κ2) is 12.6. The summed E-state index contributed by atoms with van der Waals surface area (Å²) in [7, 11) is 0. The fourth-order valence-electron chi connectivity index (χ4n) is 2.80. The van der Waals surface area contributed by atoms with Gasteiger partial charge in [0.15, 0.2) is 0 Å². The SMILES string of the molecule is C=C(SCC(=O)NC[C@H]1CN(Cc2ccc(Cl)c(Cl)c2)CCO1)S/C(C(=O)O)=C(/C)N. The monoisotopic (exact) mass is 505 g/mol. The number of hydrogen-bond donors (Lipinski definition) is 3. The molecule has 1 aromatic carbocycles. The molecule has 0 saturated carbocycles. The lowest BCUT2D eigenvalue weighted by Crippen LogP contribution is -2.47. The number of rotatable bonds is 10. The predicted molar refractivity (Wildman–Crippen MR) is 128 cm³/mol. The van der Waals surface area contributed by atoms with Crippen molar-refractivity contribution in [3.05, 3.63) is 55.2 Å². The molecule has 0 aromatic heterocycles. The lowest BCUT2D eigenvalue weighted by molar-refractivity contribution is -0.131. The minimum Gasteiger partial charge on any atom is -0.477 e. The largest absolute Gasteiger partial charge is 0.477 e. The van der Waals surface area contributed by atoms with Gasteiger partial charge in [-0.1, -0.05) is 47.6 Å². The number of hydrogen-bond acceptors (Lipinski definition) is 7. The van der Waals surface area contributed by atoms with E-state index in [1.807, 2.05) is 12.1 Å². The van der Waals surface area contributed by atoms with E-state index >= 15 is 0 Å². The van der Waals surface area contributed by atoms with Gasteiger partial charge in [-0.15, -0.1) is 11.8 Å². The highest BCUT2D eigenvalue weighted by Gasteiger charge is 2.21. The van der Waals surface area contributed by atoms with Crippen molar-refractivity contribution < 1.29 is 19.4 Å². The summed E-state index contributed by atoms with van der Waals surface area (Å²) in [5, 5.41) is 13.0. The van der Waals surface area contributed by atoms with E-state index in [9.17, 15) is 9.59 Å². The molecule has 0 bridgehead atoms. The first-order chi connectivity index (χ1) is 14.7. The molecule has 7 nitrogen and oxygen atoms in total. The second-order valence-electron chi connectivity index (χ2n) is 6.86. The molecule has 1 fully saturated rings. The number of nitrogens with zero attached hydrogens (tertiary/aromatic N) is 1. The molecule has 11 heteroatoms. The van der Waals surface area contributed by atoms with E-state index in [1.165, 1.54) is 18.7 Å². The summed E-state index contributed by atoms with van der Waals surface area (Å²) in [6.07, 6.45) is -0.121. The summed E-state index contributed by atoms with van der Waals surface area (Å²) in [6.45, 7) is 8.45. The number of amides is 1. The van der Waals surface area contributed by atoms with Crippen LogP contribution in [0.1, 0.15) is 12.5 Å². The number of carbonyl (C=O) groups excluding carboxylic acids is 1. The van der Waals surface area contributed by atoms with Gasteiger partial charge >= 0.3 is 5.97 Å². The van der Waals surface area contributed by atoms with Crippen LogP contribution in [0, 0.1) is 0 Å². The predicted octanol–water partition coefficient (Wildman–Crippen LogP) is 3.52. The first kappa shape index (κ1) is 25.9. The molecule has 31 heavy (non-hydrogen) atoms. The lowest BCUT2D eigenvalue weighted by Gasteiger charge is -2.33. The summed E-state index contributed by atoms with van der Waals surface area (Å²) >= 11 is 14.2. The smallest absolute Gasteiger partial charge is 0.344 e. The van der Waals surface area contributed by atoms with Crippen molar-refractivity contribution in [2.24, 2.45) is 5.73 Å². The van der Waals surface area contributed by atoms with Gasteiger partial charge in [0.2, 0.25) is 5.91 Å². The number of nitrogens with one attached hydrogen (secondary N) is 1. The van der Waals surface area contributed by atoms with Crippen molar-refractivity contribution in [1.29, 1.82) is 0 Å². The van der Waals surface area contributed by atoms with Crippen LogP contribution in [0.3, 0.4) is 0 Å². The molecule has 0 radical (unpaired) electrons. The zero-order valence-corrected chi connectivity index (χ0v) is 20.2. The van der Waals surface area contributed by atoms with E-state index in [1.54, 1.807) is 6.07 Å². The minimum absolute atomic E-state index is 0.00980. The summed E-state index contributed by atoms with van der Waals surface area (Å²) in [5.41, 5.74) is 6.83. The number of ether oxygens (including phenoxy) is 1. The van der Waals surface area contributed by atoms with E-state index in [0.29, 0.717) is 34.0 Å². The van der Waals surface area contributed by atoms with Crippen LogP contribution in [0.2, 0.25) is 10.0 Å². The Morgan fingerprint density at radius 2 is 2.13 bits per heavy atom. The highest BCUT2D eigenvalue weighted by atomic mass is 35.5. The van der Waals surface area contributed by atoms with Crippen molar-refractivity contribution in [3.63, 3.8) is 0 Å². The molecule has 2 rings (SSSR count). The van der Waals surface area contributed by atoms with E-state index in [2.05, 4.69) is 16.8 Å². The molecule has 1 aliphatic rings.